The van der Waals surface area contributed by atoms with Gasteiger partial charge in [0.25, 0.3) is 5.91 Å². The first kappa shape index (κ1) is 18.9. The van der Waals surface area contributed by atoms with E-state index in [9.17, 15) is 13.2 Å². The molecule has 2 aliphatic heterocycles. The zero-order chi connectivity index (χ0) is 18.9. The van der Waals surface area contributed by atoms with Crippen LogP contribution in [0.3, 0.4) is 0 Å². The van der Waals surface area contributed by atoms with Gasteiger partial charge >= 0.3 is 0 Å². The third kappa shape index (κ3) is 4.34. The molecule has 0 aromatic heterocycles. The van der Waals surface area contributed by atoms with Crippen LogP contribution in [-0.4, -0.2) is 64.3 Å². The average molecular weight is 394 g/mol. The second-order valence-electron chi connectivity index (χ2n) is 7.74. The summed E-state index contributed by atoms with van der Waals surface area (Å²) in [7, 11) is -3.59. The number of morpholine rings is 1. The van der Waals surface area contributed by atoms with Gasteiger partial charge < -0.3 is 14.4 Å². The molecule has 3 fully saturated rings. The molecule has 8 heteroatoms. The van der Waals surface area contributed by atoms with E-state index in [-0.39, 0.29) is 10.8 Å². The Morgan fingerprint density at radius 1 is 1.30 bits per heavy atom. The highest BCUT2D eigenvalue weighted by Gasteiger charge is 2.40. The summed E-state index contributed by atoms with van der Waals surface area (Å²) >= 11 is 0. The molecule has 27 heavy (non-hydrogen) atoms. The topological polar surface area (TPSA) is 84.9 Å². The lowest BCUT2D eigenvalue weighted by Gasteiger charge is -2.44. The number of ether oxygens (including phenoxy) is 2. The molecule has 148 valence electrons. The Labute approximate surface area is 160 Å². The fourth-order valence-electron chi connectivity index (χ4n) is 3.70. The van der Waals surface area contributed by atoms with Gasteiger partial charge in [-0.3, -0.25) is 4.79 Å². The fourth-order valence-corrected chi connectivity index (χ4v) is 4.86. The molecule has 7 nitrogen and oxygen atoms in total. The van der Waals surface area contributed by atoms with Gasteiger partial charge in [-0.1, -0.05) is 6.07 Å². The van der Waals surface area contributed by atoms with Crippen molar-refractivity contribution in [3.8, 4) is 0 Å². The number of benzene rings is 1. The van der Waals surface area contributed by atoms with Crippen LogP contribution in [0, 0.1) is 5.92 Å². The first-order valence-corrected chi connectivity index (χ1v) is 11.1. The van der Waals surface area contributed by atoms with E-state index in [4.69, 9.17) is 9.47 Å². The predicted octanol–water partition coefficient (Wildman–Crippen LogP) is 1.40. The van der Waals surface area contributed by atoms with Crippen LogP contribution in [0.5, 0.6) is 0 Å². The molecule has 1 saturated carbocycles. The third-order valence-electron chi connectivity index (χ3n) is 5.47. The number of rotatable bonds is 5. The second kappa shape index (κ2) is 7.50. The maximum atomic E-state index is 13.0. The summed E-state index contributed by atoms with van der Waals surface area (Å²) < 4.78 is 39.1. The minimum Gasteiger partial charge on any atom is -0.378 e. The number of nitrogens with one attached hydrogen (secondary N) is 1. The van der Waals surface area contributed by atoms with Crippen molar-refractivity contribution >= 4 is 15.9 Å². The monoisotopic (exact) mass is 394 g/mol. The van der Waals surface area contributed by atoms with Crippen molar-refractivity contribution in [1.29, 1.82) is 0 Å². The van der Waals surface area contributed by atoms with Crippen LogP contribution >= 0.6 is 0 Å². The highest BCUT2D eigenvalue weighted by Crippen LogP contribution is 2.29. The van der Waals surface area contributed by atoms with Crippen molar-refractivity contribution in [3.63, 3.8) is 0 Å². The Hall–Kier alpha value is -1.48. The van der Waals surface area contributed by atoms with E-state index in [1.54, 1.807) is 17.0 Å². The van der Waals surface area contributed by atoms with Gasteiger partial charge in [0.1, 0.15) is 5.60 Å². The molecule has 1 aromatic rings. The number of carbonyl (C=O) groups excluding carboxylic acids is 1. The lowest BCUT2D eigenvalue weighted by molar-refractivity contribution is -0.160. The summed E-state index contributed by atoms with van der Waals surface area (Å²) in [6, 6.07) is 6.29. The molecule has 4 rings (SSSR count). The molecule has 0 bridgehead atoms. The molecular formula is C19H26N2O5S. The Balaban J connectivity index is 1.48. The van der Waals surface area contributed by atoms with E-state index in [0.29, 0.717) is 44.3 Å². The molecule has 2 saturated heterocycles. The highest BCUT2D eigenvalue weighted by atomic mass is 32.2. The summed E-state index contributed by atoms with van der Waals surface area (Å²) in [5.41, 5.74) is -0.0418. The van der Waals surface area contributed by atoms with Crippen molar-refractivity contribution in [3.05, 3.63) is 29.8 Å². The van der Waals surface area contributed by atoms with E-state index >= 15 is 0 Å². The SMILES string of the molecule is O=C(c1cccc(S(=O)(=O)NCC2CC2)c1)N1CCOC2(CCCOC2)C1. The number of hydrogen-bond acceptors (Lipinski definition) is 5. The van der Waals surface area contributed by atoms with Gasteiger partial charge in [0.05, 0.1) is 24.7 Å². The molecule has 1 N–H and O–H groups in total. The molecule has 1 spiro atoms. The van der Waals surface area contributed by atoms with E-state index in [1.165, 1.54) is 12.1 Å². The average Bonchev–Trinajstić information content (AvgIpc) is 3.51. The lowest BCUT2D eigenvalue weighted by Crippen LogP contribution is -2.57. The first-order valence-electron chi connectivity index (χ1n) is 9.58. The van der Waals surface area contributed by atoms with E-state index in [1.807, 2.05) is 0 Å². The molecule has 1 aliphatic carbocycles. The molecule has 2 heterocycles. The fraction of sp³-hybridized carbons (Fsp3) is 0.632. The van der Waals surface area contributed by atoms with Crippen LogP contribution in [0.2, 0.25) is 0 Å². The first-order chi connectivity index (χ1) is 13.0. The van der Waals surface area contributed by atoms with Crippen molar-refractivity contribution in [2.75, 3.05) is 39.5 Å². The Morgan fingerprint density at radius 2 is 2.15 bits per heavy atom. The quantitative estimate of drug-likeness (QED) is 0.816. The zero-order valence-corrected chi connectivity index (χ0v) is 16.2. The zero-order valence-electron chi connectivity index (χ0n) is 15.4. The number of amides is 1. The number of carbonyl (C=O) groups is 1. The van der Waals surface area contributed by atoms with Crippen LogP contribution in [-0.2, 0) is 19.5 Å². The Morgan fingerprint density at radius 3 is 2.89 bits per heavy atom. The summed E-state index contributed by atoms with van der Waals surface area (Å²) in [5, 5.41) is 0. The lowest BCUT2D eigenvalue weighted by atomic mass is 9.94. The summed E-state index contributed by atoms with van der Waals surface area (Å²) in [4.78, 5) is 14.9. The van der Waals surface area contributed by atoms with Crippen LogP contribution in [0.15, 0.2) is 29.2 Å². The van der Waals surface area contributed by atoms with Crippen LogP contribution in [0.4, 0.5) is 0 Å². The molecule has 3 aliphatic rings. The van der Waals surface area contributed by atoms with Crippen molar-refractivity contribution in [2.45, 2.75) is 36.2 Å². The van der Waals surface area contributed by atoms with Crippen molar-refractivity contribution in [2.24, 2.45) is 5.92 Å². The Kier molecular flexibility index (Phi) is 5.24. The second-order valence-corrected chi connectivity index (χ2v) is 9.50. The van der Waals surface area contributed by atoms with Crippen LogP contribution in [0.25, 0.3) is 0 Å². The summed E-state index contributed by atoms with van der Waals surface area (Å²) in [6.45, 7) is 3.13. The smallest absolute Gasteiger partial charge is 0.254 e. The summed E-state index contributed by atoms with van der Waals surface area (Å²) in [6.07, 6.45) is 3.94. The molecule has 1 unspecified atom stereocenters. The summed E-state index contributed by atoms with van der Waals surface area (Å²) in [5.74, 6) is 0.286. The number of sulfonamides is 1. The number of hydrogen-bond donors (Lipinski definition) is 1. The van der Waals surface area contributed by atoms with Gasteiger partial charge in [-0.15, -0.1) is 0 Å². The third-order valence-corrected chi connectivity index (χ3v) is 6.89. The Bertz CT molecular complexity index is 795. The largest absolute Gasteiger partial charge is 0.378 e. The van der Waals surface area contributed by atoms with Gasteiger partial charge in [-0.25, -0.2) is 13.1 Å². The van der Waals surface area contributed by atoms with Gasteiger partial charge in [0.2, 0.25) is 10.0 Å². The van der Waals surface area contributed by atoms with Gasteiger partial charge in [0, 0.05) is 25.3 Å². The van der Waals surface area contributed by atoms with E-state index in [2.05, 4.69) is 4.72 Å². The van der Waals surface area contributed by atoms with E-state index < -0.39 is 15.6 Å². The van der Waals surface area contributed by atoms with Crippen LogP contribution in [0.1, 0.15) is 36.0 Å². The highest BCUT2D eigenvalue weighted by molar-refractivity contribution is 7.89. The van der Waals surface area contributed by atoms with Gasteiger partial charge in [-0.2, -0.15) is 0 Å². The molecule has 1 aromatic carbocycles. The molecular weight excluding hydrogens is 368 g/mol. The predicted molar refractivity (Wildman–Crippen MR) is 99.0 cm³/mol. The molecule has 0 radical (unpaired) electrons. The van der Waals surface area contributed by atoms with Crippen molar-refractivity contribution < 1.29 is 22.7 Å². The number of nitrogens with zero attached hydrogens (tertiary/aromatic N) is 1. The van der Waals surface area contributed by atoms with Crippen LogP contribution < -0.4 is 4.72 Å². The maximum Gasteiger partial charge on any atom is 0.254 e. The van der Waals surface area contributed by atoms with Gasteiger partial charge in [0.15, 0.2) is 0 Å². The maximum absolute atomic E-state index is 13.0. The normalized spacial score (nSPS) is 26.3. The molecule has 1 atom stereocenters. The van der Waals surface area contributed by atoms with Crippen molar-refractivity contribution in [1.82, 2.24) is 9.62 Å². The van der Waals surface area contributed by atoms with E-state index in [0.717, 1.165) is 32.3 Å². The van der Waals surface area contributed by atoms with Gasteiger partial charge in [-0.05, 0) is 49.8 Å². The minimum atomic E-state index is -3.59. The minimum absolute atomic E-state index is 0.137. The molecule has 1 amide bonds. The standard InChI is InChI=1S/C19H26N2O5S/c22-18(21-8-10-26-19(13-21)7-2-9-25-14-19)16-3-1-4-17(11-16)27(23,24)20-12-15-5-6-15/h1,3-4,11,15,20H,2,5-10,12-14H2.